The number of anilines is 1. The van der Waals surface area contributed by atoms with E-state index < -0.39 is 0 Å². The molecule has 1 heterocycles. The second-order valence-corrected chi connectivity index (χ2v) is 5.00. The van der Waals surface area contributed by atoms with Crippen LogP contribution in [0, 0.1) is 0 Å². The van der Waals surface area contributed by atoms with E-state index in [1.807, 2.05) is 6.92 Å². The Bertz CT molecular complexity index is 683. The zero-order valence-corrected chi connectivity index (χ0v) is 12.9. The molecule has 0 unspecified atom stereocenters. The van der Waals surface area contributed by atoms with Crippen LogP contribution in [0.25, 0.3) is 0 Å². The van der Waals surface area contributed by atoms with Crippen molar-refractivity contribution in [1.82, 2.24) is 0 Å². The number of aromatic nitrogens is 1. The lowest BCUT2D eigenvalue weighted by atomic mass is 10.2. The fourth-order valence-electron chi connectivity index (χ4n) is 1.94. The number of carbonyl (C=O) groups is 2. The second kappa shape index (κ2) is 7.93. The van der Waals surface area contributed by atoms with Crippen molar-refractivity contribution < 1.29 is 24.0 Å². The Balaban J connectivity index is 1.92. The maximum atomic E-state index is 11.9. The molecule has 0 bridgehead atoms. The molecule has 0 spiro atoms. The van der Waals surface area contributed by atoms with Crippen molar-refractivity contribution in [3.05, 3.63) is 54.4 Å². The van der Waals surface area contributed by atoms with Crippen molar-refractivity contribution in [2.24, 2.45) is 0 Å². The molecule has 0 aliphatic heterocycles. The number of hydrogen-bond donors (Lipinski definition) is 2. The molecule has 2 rings (SSSR count). The van der Waals surface area contributed by atoms with Gasteiger partial charge in [0, 0.05) is 11.8 Å². The van der Waals surface area contributed by atoms with Gasteiger partial charge in [0.05, 0.1) is 12.2 Å². The van der Waals surface area contributed by atoms with Crippen LogP contribution in [0.4, 0.5) is 5.69 Å². The van der Waals surface area contributed by atoms with Crippen molar-refractivity contribution in [2.45, 2.75) is 19.9 Å². The number of nitrogens with one attached hydrogen (secondary N) is 1. The topological polar surface area (TPSA) is 79.5 Å². The predicted octanol–water partition coefficient (Wildman–Crippen LogP) is 1.89. The molecule has 6 nitrogen and oxygen atoms in total. The third-order valence-corrected chi connectivity index (χ3v) is 3.01. The summed E-state index contributed by atoms with van der Waals surface area (Å²) < 4.78 is 6.61. The van der Waals surface area contributed by atoms with Crippen LogP contribution in [-0.4, -0.2) is 23.6 Å². The van der Waals surface area contributed by atoms with Gasteiger partial charge in [-0.05, 0) is 36.8 Å². The van der Waals surface area contributed by atoms with Crippen molar-refractivity contribution in [1.29, 1.82) is 0 Å². The Morgan fingerprint density at radius 3 is 2.61 bits per heavy atom. The number of rotatable bonds is 6. The highest BCUT2D eigenvalue weighted by atomic mass is 16.5. The van der Waals surface area contributed by atoms with Crippen molar-refractivity contribution in [3.8, 4) is 5.75 Å². The van der Waals surface area contributed by atoms with E-state index in [9.17, 15) is 14.7 Å². The molecule has 0 fully saturated rings. The third-order valence-electron chi connectivity index (χ3n) is 3.01. The van der Waals surface area contributed by atoms with Gasteiger partial charge in [-0.2, -0.15) is 4.57 Å². The molecule has 120 valence electrons. The number of ether oxygens (including phenoxy) is 1. The number of esters is 1. The standard InChI is InChI=1S/C17H18N2O4/c1-2-10-23-17(22)13-5-7-14(8-6-13)18-16(21)12-19-9-3-4-15(20)11-19/h3-9,11H,2,10,12H2,1H3,(H-,18,20,21,22)/p+1. The zero-order valence-electron chi connectivity index (χ0n) is 12.9. The molecule has 6 heteroatoms. The molecule has 0 radical (unpaired) electrons. The van der Waals surface area contributed by atoms with Gasteiger partial charge in [-0.25, -0.2) is 4.79 Å². The van der Waals surface area contributed by atoms with Gasteiger partial charge < -0.3 is 15.2 Å². The summed E-state index contributed by atoms with van der Waals surface area (Å²) in [7, 11) is 0. The molecule has 0 saturated carbocycles. The van der Waals surface area contributed by atoms with E-state index in [2.05, 4.69) is 5.32 Å². The number of benzene rings is 1. The van der Waals surface area contributed by atoms with Gasteiger partial charge >= 0.3 is 5.97 Å². The van der Waals surface area contributed by atoms with Crippen LogP contribution in [0.5, 0.6) is 5.75 Å². The third kappa shape index (κ3) is 5.10. The van der Waals surface area contributed by atoms with Gasteiger partial charge in [-0.3, -0.25) is 4.79 Å². The number of pyridine rings is 1. The van der Waals surface area contributed by atoms with Gasteiger partial charge in [0.1, 0.15) is 0 Å². The van der Waals surface area contributed by atoms with E-state index in [0.717, 1.165) is 6.42 Å². The molecule has 2 N–H and O–H groups in total. The number of amides is 1. The molecule has 1 aromatic heterocycles. The maximum Gasteiger partial charge on any atom is 0.338 e. The minimum atomic E-state index is -0.375. The lowest BCUT2D eigenvalue weighted by Crippen LogP contribution is -2.39. The van der Waals surface area contributed by atoms with Crippen LogP contribution < -0.4 is 9.88 Å². The summed E-state index contributed by atoms with van der Waals surface area (Å²) in [4.78, 5) is 23.6. The smallest absolute Gasteiger partial charge is 0.338 e. The molecular weight excluding hydrogens is 296 g/mol. The average molecular weight is 315 g/mol. The lowest BCUT2D eigenvalue weighted by Gasteiger charge is -2.06. The van der Waals surface area contributed by atoms with Gasteiger partial charge in [0.25, 0.3) is 5.91 Å². The van der Waals surface area contributed by atoms with E-state index in [1.165, 1.54) is 12.3 Å². The van der Waals surface area contributed by atoms with Crippen LogP contribution in [0.2, 0.25) is 0 Å². The molecule has 2 aromatic rings. The van der Waals surface area contributed by atoms with Crippen LogP contribution in [-0.2, 0) is 16.1 Å². The van der Waals surface area contributed by atoms with Crippen molar-refractivity contribution in [2.75, 3.05) is 11.9 Å². The van der Waals surface area contributed by atoms with Crippen molar-refractivity contribution in [3.63, 3.8) is 0 Å². The van der Waals surface area contributed by atoms with Gasteiger partial charge in [0.15, 0.2) is 11.9 Å². The lowest BCUT2D eigenvalue weighted by molar-refractivity contribution is -0.684. The number of nitrogens with zero attached hydrogens (tertiary/aromatic N) is 1. The molecule has 1 amide bonds. The first kappa shape index (κ1) is 16.5. The van der Waals surface area contributed by atoms with E-state index in [1.54, 1.807) is 41.1 Å². The summed E-state index contributed by atoms with van der Waals surface area (Å²) in [5.74, 6) is -0.516. The Morgan fingerprint density at radius 2 is 1.96 bits per heavy atom. The van der Waals surface area contributed by atoms with Crippen LogP contribution in [0.15, 0.2) is 48.8 Å². The van der Waals surface area contributed by atoms with E-state index >= 15 is 0 Å². The molecule has 0 saturated heterocycles. The maximum absolute atomic E-state index is 11.9. The molecule has 23 heavy (non-hydrogen) atoms. The second-order valence-electron chi connectivity index (χ2n) is 5.00. The largest absolute Gasteiger partial charge is 0.503 e. The van der Waals surface area contributed by atoms with Crippen LogP contribution in [0.3, 0.4) is 0 Å². The van der Waals surface area contributed by atoms with Crippen molar-refractivity contribution >= 4 is 17.6 Å². The number of aromatic hydroxyl groups is 1. The SMILES string of the molecule is CCCOC(=O)c1ccc(NC(=O)C[n+]2cccc(O)c2)cc1. The highest BCUT2D eigenvalue weighted by molar-refractivity contribution is 5.92. The highest BCUT2D eigenvalue weighted by Crippen LogP contribution is 2.11. The van der Waals surface area contributed by atoms with Crippen LogP contribution in [0.1, 0.15) is 23.7 Å². The summed E-state index contributed by atoms with van der Waals surface area (Å²) in [6, 6.07) is 9.69. The van der Waals surface area contributed by atoms with E-state index in [0.29, 0.717) is 17.9 Å². The quantitative estimate of drug-likeness (QED) is 0.630. The monoisotopic (exact) mass is 315 g/mol. The Morgan fingerprint density at radius 1 is 1.22 bits per heavy atom. The number of hydrogen-bond acceptors (Lipinski definition) is 4. The normalized spacial score (nSPS) is 10.1. The summed E-state index contributed by atoms with van der Waals surface area (Å²) >= 11 is 0. The summed E-state index contributed by atoms with van der Waals surface area (Å²) in [6.07, 6.45) is 3.92. The minimum Gasteiger partial charge on any atom is -0.503 e. The first-order valence-electron chi connectivity index (χ1n) is 7.33. The highest BCUT2D eigenvalue weighted by Gasteiger charge is 2.11. The zero-order chi connectivity index (χ0) is 16.7. The molecule has 0 atom stereocenters. The Labute approximate surface area is 134 Å². The first-order chi connectivity index (χ1) is 11.1. The van der Waals surface area contributed by atoms with E-state index in [4.69, 9.17) is 4.74 Å². The molecule has 1 aromatic carbocycles. The average Bonchev–Trinajstić information content (AvgIpc) is 2.53. The Hall–Kier alpha value is -2.89. The van der Waals surface area contributed by atoms with Crippen LogP contribution >= 0.6 is 0 Å². The summed E-state index contributed by atoms with van der Waals surface area (Å²) in [5, 5.41) is 12.1. The fourth-order valence-corrected chi connectivity index (χ4v) is 1.94. The first-order valence-corrected chi connectivity index (χ1v) is 7.33. The fraction of sp³-hybridized carbons (Fsp3) is 0.235. The minimum absolute atomic E-state index is 0.0781. The molecule has 0 aliphatic carbocycles. The molecular formula is C17H19N2O4+. The van der Waals surface area contributed by atoms with Gasteiger partial charge in [-0.1, -0.05) is 6.92 Å². The number of carbonyl (C=O) groups excluding carboxylic acids is 2. The van der Waals surface area contributed by atoms with E-state index in [-0.39, 0.29) is 24.2 Å². The van der Waals surface area contributed by atoms with Gasteiger partial charge in [-0.15, -0.1) is 0 Å². The molecule has 0 aliphatic rings. The summed E-state index contributed by atoms with van der Waals surface area (Å²) in [6.45, 7) is 2.39. The van der Waals surface area contributed by atoms with Gasteiger partial charge in [0.2, 0.25) is 12.7 Å². The predicted molar refractivity (Wildman–Crippen MR) is 83.9 cm³/mol. The Kier molecular flexibility index (Phi) is 5.68. The summed E-state index contributed by atoms with van der Waals surface area (Å²) in [5.41, 5.74) is 1.03.